The van der Waals surface area contributed by atoms with Gasteiger partial charge in [0.05, 0.1) is 0 Å². The molecule has 0 aliphatic carbocycles. The standard InChI is InChI=1S/C13H13F2N3OS/c1-18(6-8-2-3-9(14)10(15)4-8)13(19)11-7-20-12(5-16)17-11/h2-4,7H,5-6,16H2,1H3. The molecule has 0 spiro atoms. The molecule has 0 saturated heterocycles. The van der Waals surface area contributed by atoms with Crippen LogP contribution in [0.25, 0.3) is 0 Å². The fourth-order valence-electron chi connectivity index (χ4n) is 1.68. The molecule has 1 aromatic heterocycles. The average Bonchev–Trinajstić information content (AvgIpc) is 2.91. The van der Waals surface area contributed by atoms with E-state index in [1.165, 1.54) is 22.3 Å². The van der Waals surface area contributed by atoms with E-state index in [-0.39, 0.29) is 19.0 Å². The highest BCUT2D eigenvalue weighted by Crippen LogP contribution is 2.14. The zero-order valence-electron chi connectivity index (χ0n) is 10.8. The molecular formula is C13H13F2N3OS. The summed E-state index contributed by atoms with van der Waals surface area (Å²) in [6.07, 6.45) is 0. The molecule has 0 unspecified atom stereocenters. The zero-order valence-corrected chi connectivity index (χ0v) is 11.6. The minimum absolute atomic E-state index is 0.172. The van der Waals surface area contributed by atoms with E-state index in [0.717, 1.165) is 12.1 Å². The molecule has 0 bridgehead atoms. The molecule has 2 aromatic rings. The number of thiazole rings is 1. The van der Waals surface area contributed by atoms with E-state index in [4.69, 9.17) is 5.73 Å². The van der Waals surface area contributed by atoms with Gasteiger partial charge in [-0.2, -0.15) is 0 Å². The van der Waals surface area contributed by atoms with E-state index in [0.29, 0.717) is 16.3 Å². The van der Waals surface area contributed by atoms with Gasteiger partial charge in [-0.1, -0.05) is 6.07 Å². The van der Waals surface area contributed by atoms with Crippen molar-refractivity contribution in [3.8, 4) is 0 Å². The lowest BCUT2D eigenvalue weighted by Gasteiger charge is -2.16. The van der Waals surface area contributed by atoms with Gasteiger partial charge in [-0.05, 0) is 17.7 Å². The van der Waals surface area contributed by atoms with Gasteiger partial charge in [0.1, 0.15) is 10.7 Å². The van der Waals surface area contributed by atoms with Crippen LogP contribution >= 0.6 is 11.3 Å². The van der Waals surface area contributed by atoms with Crippen molar-refractivity contribution >= 4 is 17.2 Å². The van der Waals surface area contributed by atoms with Crippen LogP contribution < -0.4 is 5.73 Å². The maximum atomic E-state index is 13.1. The Hall–Kier alpha value is -1.86. The first-order valence-electron chi connectivity index (χ1n) is 5.85. The van der Waals surface area contributed by atoms with Crippen molar-refractivity contribution < 1.29 is 13.6 Å². The van der Waals surface area contributed by atoms with Crippen molar-refractivity contribution in [2.45, 2.75) is 13.1 Å². The highest BCUT2D eigenvalue weighted by atomic mass is 32.1. The number of hydrogen-bond acceptors (Lipinski definition) is 4. The molecule has 0 radical (unpaired) electrons. The van der Waals surface area contributed by atoms with Crippen LogP contribution in [0, 0.1) is 11.6 Å². The summed E-state index contributed by atoms with van der Waals surface area (Å²) >= 11 is 1.31. The van der Waals surface area contributed by atoms with Crippen molar-refractivity contribution in [1.29, 1.82) is 0 Å². The van der Waals surface area contributed by atoms with E-state index >= 15 is 0 Å². The lowest BCUT2D eigenvalue weighted by Crippen LogP contribution is -2.26. The molecule has 1 heterocycles. The topological polar surface area (TPSA) is 59.2 Å². The number of nitrogens with two attached hydrogens (primary N) is 1. The number of aromatic nitrogens is 1. The van der Waals surface area contributed by atoms with Gasteiger partial charge in [0.2, 0.25) is 0 Å². The maximum Gasteiger partial charge on any atom is 0.273 e. The second-order valence-corrected chi connectivity index (χ2v) is 5.18. The lowest BCUT2D eigenvalue weighted by atomic mass is 10.2. The number of benzene rings is 1. The van der Waals surface area contributed by atoms with Gasteiger partial charge in [0.25, 0.3) is 5.91 Å². The van der Waals surface area contributed by atoms with Gasteiger partial charge < -0.3 is 10.6 Å². The zero-order chi connectivity index (χ0) is 14.7. The third kappa shape index (κ3) is 3.17. The van der Waals surface area contributed by atoms with E-state index in [1.54, 1.807) is 12.4 Å². The molecule has 2 rings (SSSR count). The van der Waals surface area contributed by atoms with Crippen molar-refractivity contribution in [2.75, 3.05) is 7.05 Å². The summed E-state index contributed by atoms with van der Waals surface area (Å²) in [5, 5.41) is 2.31. The monoisotopic (exact) mass is 297 g/mol. The molecule has 0 fully saturated rings. The molecule has 7 heteroatoms. The number of carbonyl (C=O) groups excluding carboxylic acids is 1. The van der Waals surface area contributed by atoms with Crippen LogP contribution in [0.15, 0.2) is 23.6 Å². The first-order chi connectivity index (χ1) is 9.51. The maximum absolute atomic E-state index is 13.1. The van der Waals surface area contributed by atoms with Gasteiger partial charge in [-0.15, -0.1) is 11.3 Å². The van der Waals surface area contributed by atoms with Crippen LogP contribution in [-0.2, 0) is 13.1 Å². The Kier molecular flexibility index (Phi) is 4.41. The minimum atomic E-state index is -0.928. The summed E-state index contributed by atoms with van der Waals surface area (Å²) in [6.45, 7) is 0.455. The smallest absolute Gasteiger partial charge is 0.273 e. The van der Waals surface area contributed by atoms with Crippen molar-refractivity contribution in [2.24, 2.45) is 5.73 Å². The fourth-order valence-corrected chi connectivity index (χ4v) is 2.33. The predicted molar refractivity (Wildman–Crippen MR) is 72.2 cm³/mol. The Morgan fingerprint density at radius 3 is 2.75 bits per heavy atom. The molecular weight excluding hydrogens is 284 g/mol. The summed E-state index contributed by atoms with van der Waals surface area (Å²) < 4.78 is 25.9. The molecule has 0 atom stereocenters. The third-order valence-corrected chi connectivity index (χ3v) is 3.57. The molecule has 106 valence electrons. The number of carbonyl (C=O) groups is 1. The van der Waals surface area contributed by atoms with Gasteiger partial charge >= 0.3 is 0 Å². The predicted octanol–water partition coefficient (Wildman–Crippen LogP) is 2.15. The second kappa shape index (κ2) is 6.06. The van der Waals surface area contributed by atoms with Crippen LogP contribution in [0.2, 0.25) is 0 Å². The molecule has 0 aliphatic rings. The van der Waals surface area contributed by atoms with Crippen molar-refractivity contribution in [1.82, 2.24) is 9.88 Å². The quantitative estimate of drug-likeness (QED) is 0.940. The number of hydrogen-bond donors (Lipinski definition) is 1. The Morgan fingerprint density at radius 2 is 2.15 bits per heavy atom. The lowest BCUT2D eigenvalue weighted by molar-refractivity contribution is 0.0779. The van der Waals surface area contributed by atoms with Gasteiger partial charge in [-0.3, -0.25) is 4.79 Å². The number of amides is 1. The minimum Gasteiger partial charge on any atom is -0.336 e. The summed E-state index contributed by atoms with van der Waals surface area (Å²) in [4.78, 5) is 17.6. The van der Waals surface area contributed by atoms with E-state index in [9.17, 15) is 13.6 Å². The number of rotatable bonds is 4. The van der Waals surface area contributed by atoms with Gasteiger partial charge in [-0.25, -0.2) is 13.8 Å². The molecule has 2 N–H and O–H groups in total. The first kappa shape index (κ1) is 14.5. The average molecular weight is 297 g/mol. The molecule has 0 aliphatic heterocycles. The van der Waals surface area contributed by atoms with Crippen LogP contribution in [0.3, 0.4) is 0 Å². The summed E-state index contributed by atoms with van der Waals surface area (Å²) in [7, 11) is 1.57. The normalized spacial score (nSPS) is 10.6. The number of nitrogens with zero attached hydrogens (tertiary/aromatic N) is 2. The van der Waals surface area contributed by atoms with Crippen LogP contribution in [-0.4, -0.2) is 22.8 Å². The molecule has 20 heavy (non-hydrogen) atoms. The van der Waals surface area contributed by atoms with E-state index in [1.807, 2.05) is 0 Å². The highest BCUT2D eigenvalue weighted by Gasteiger charge is 2.16. The van der Waals surface area contributed by atoms with Crippen LogP contribution in [0.4, 0.5) is 8.78 Å². The van der Waals surface area contributed by atoms with E-state index < -0.39 is 11.6 Å². The summed E-state index contributed by atoms with van der Waals surface area (Å²) in [6, 6.07) is 3.55. The summed E-state index contributed by atoms with van der Waals surface area (Å²) in [5.41, 5.74) is 6.25. The Balaban J connectivity index is 2.08. The largest absolute Gasteiger partial charge is 0.336 e. The van der Waals surface area contributed by atoms with Crippen molar-refractivity contribution in [3.63, 3.8) is 0 Å². The molecule has 1 amide bonds. The number of halogens is 2. The van der Waals surface area contributed by atoms with Gasteiger partial charge in [0.15, 0.2) is 11.6 Å². The first-order valence-corrected chi connectivity index (χ1v) is 6.73. The molecule has 0 saturated carbocycles. The highest BCUT2D eigenvalue weighted by molar-refractivity contribution is 7.09. The van der Waals surface area contributed by atoms with E-state index in [2.05, 4.69) is 4.98 Å². The fraction of sp³-hybridized carbons (Fsp3) is 0.231. The Bertz CT molecular complexity index is 630. The molecule has 1 aromatic carbocycles. The second-order valence-electron chi connectivity index (χ2n) is 4.24. The molecule has 4 nitrogen and oxygen atoms in total. The van der Waals surface area contributed by atoms with Gasteiger partial charge in [0, 0.05) is 25.5 Å². The van der Waals surface area contributed by atoms with Crippen molar-refractivity contribution in [3.05, 3.63) is 51.5 Å². The summed E-state index contributed by atoms with van der Waals surface area (Å²) in [5.74, 6) is -2.12. The van der Waals surface area contributed by atoms with Crippen LogP contribution in [0.1, 0.15) is 21.1 Å². The van der Waals surface area contributed by atoms with Crippen LogP contribution in [0.5, 0.6) is 0 Å². The Morgan fingerprint density at radius 1 is 1.40 bits per heavy atom. The third-order valence-electron chi connectivity index (χ3n) is 2.70. The Labute approximate surface area is 118 Å². The SMILES string of the molecule is CN(Cc1ccc(F)c(F)c1)C(=O)c1csc(CN)n1.